The first-order valence-electron chi connectivity index (χ1n) is 4.32. The Morgan fingerprint density at radius 1 is 1.60 bits per heavy atom. The third-order valence-corrected chi connectivity index (χ3v) is 2.10. The van der Waals surface area contributed by atoms with Crippen LogP contribution in [-0.2, 0) is 6.54 Å². The zero-order valence-corrected chi connectivity index (χ0v) is 8.04. The number of aryl methyl sites for hydroxylation is 1. The molecule has 15 heavy (non-hydrogen) atoms. The number of hydrogen-bond donors (Lipinski definition) is 1. The monoisotopic (exact) mass is 207 g/mol. The third kappa shape index (κ3) is 1.74. The number of rotatable bonds is 3. The number of nitrogens with zero attached hydrogens (tertiary/aromatic N) is 3. The van der Waals surface area contributed by atoms with Gasteiger partial charge in [0, 0.05) is 5.56 Å². The highest BCUT2D eigenvalue weighted by Crippen LogP contribution is 2.09. The van der Waals surface area contributed by atoms with E-state index in [-0.39, 0.29) is 5.69 Å². The SMILES string of the molecule is Cc1ncc(C(=O)O)n1Cc1cnoc1. The van der Waals surface area contributed by atoms with E-state index in [4.69, 9.17) is 5.11 Å². The molecule has 0 bridgehead atoms. The van der Waals surface area contributed by atoms with Gasteiger partial charge in [0.05, 0.1) is 18.9 Å². The van der Waals surface area contributed by atoms with E-state index in [0.717, 1.165) is 5.56 Å². The predicted octanol–water partition coefficient (Wildman–Crippen LogP) is 0.926. The van der Waals surface area contributed by atoms with Gasteiger partial charge < -0.3 is 14.2 Å². The summed E-state index contributed by atoms with van der Waals surface area (Å²) < 4.78 is 6.26. The van der Waals surface area contributed by atoms with Crippen molar-refractivity contribution in [3.05, 3.63) is 35.7 Å². The molecule has 0 unspecified atom stereocenters. The molecule has 0 spiro atoms. The Balaban J connectivity index is 2.35. The molecule has 0 aliphatic rings. The summed E-state index contributed by atoms with van der Waals surface area (Å²) >= 11 is 0. The van der Waals surface area contributed by atoms with Crippen molar-refractivity contribution in [2.75, 3.05) is 0 Å². The van der Waals surface area contributed by atoms with Gasteiger partial charge in [-0.2, -0.15) is 0 Å². The minimum absolute atomic E-state index is 0.161. The highest BCUT2D eigenvalue weighted by atomic mass is 16.5. The Labute approximate surface area is 85.1 Å². The van der Waals surface area contributed by atoms with E-state index in [2.05, 4.69) is 14.7 Å². The number of carboxylic acid groups (broad SMARTS) is 1. The molecule has 0 radical (unpaired) electrons. The van der Waals surface area contributed by atoms with Gasteiger partial charge in [-0.05, 0) is 6.92 Å². The molecule has 78 valence electrons. The lowest BCUT2D eigenvalue weighted by atomic mass is 10.3. The standard InChI is InChI=1S/C9H9N3O3/c1-6-10-3-8(9(13)14)12(6)4-7-2-11-15-5-7/h2-3,5H,4H2,1H3,(H,13,14). The van der Waals surface area contributed by atoms with Gasteiger partial charge in [-0.25, -0.2) is 9.78 Å². The van der Waals surface area contributed by atoms with Crippen LogP contribution in [0.3, 0.4) is 0 Å². The third-order valence-electron chi connectivity index (χ3n) is 2.10. The van der Waals surface area contributed by atoms with Gasteiger partial charge in [0.1, 0.15) is 17.8 Å². The first kappa shape index (κ1) is 9.45. The van der Waals surface area contributed by atoms with Crippen molar-refractivity contribution in [2.45, 2.75) is 13.5 Å². The quantitative estimate of drug-likeness (QED) is 0.809. The van der Waals surface area contributed by atoms with Gasteiger partial charge >= 0.3 is 5.97 Å². The van der Waals surface area contributed by atoms with Crippen LogP contribution in [0.5, 0.6) is 0 Å². The number of carboxylic acids is 1. The van der Waals surface area contributed by atoms with Crippen molar-refractivity contribution in [3.8, 4) is 0 Å². The normalized spacial score (nSPS) is 10.5. The number of imidazole rings is 1. The van der Waals surface area contributed by atoms with Gasteiger partial charge in [-0.15, -0.1) is 0 Å². The zero-order chi connectivity index (χ0) is 10.8. The van der Waals surface area contributed by atoms with Crippen molar-refractivity contribution in [1.29, 1.82) is 0 Å². The summed E-state index contributed by atoms with van der Waals surface area (Å²) in [5.74, 6) is -0.347. The molecule has 0 aliphatic carbocycles. The second-order valence-electron chi connectivity index (χ2n) is 3.11. The Bertz CT molecular complexity index is 473. The van der Waals surface area contributed by atoms with Crippen LogP contribution in [0.25, 0.3) is 0 Å². The average molecular weight is 207 g/mol. The van der Waals surface area contributed by atoms with Crippen LogP contribution in [0.1, 0.15) is 21.9 Å². The van der Waals surface area contributed by atoms with E-state index in [1.807, 2.05) is 0 Å². The van der Waals surface area contributed by atoms with Crippen LogP contribution >= 0.6 is 0 Å². The molecule has 1 N–H and O–H groups in total. The van der Waals surface area contributed by atoms with E-state index < -0.39 is 5.97 Å². The van der Waals surface area contributed by atoms with Gasteiger partial charge in [-0.1, -0.05) is 5.16 Å². The summed E-state index contributed by atoms with van der Waals surface area (Å²) in [4.78, 5) is 14.8. The van der Waals surface area contributed by atoms with Crippen molar-refractivity contribution < 1.29 is 14.4 Å². The van der Waals surface area contributed by atoms with Crippen molar-refractivity contribution in [2.24, 2.45) is 0 Å². The molecule has 0 saturated heterocycles. The van der Waals surface area contributed by atoms with Crippen LogP contribution in [0, 0.1) is 6.92 Å². The number of aromatic carboxylic acids is 1. The van der Waals surface area contributed by atoms with Crippen molar-refractivity contribution >= 4 is 5.97 Å². The van der Waals surface area contributed by atoms with Gasteiger partial charge in [0.25, 0.3) is 0 Å². The molecule has 6 heteroatoms. The average Bonchev–Trinajstić information content (AvgIpc) is 2.78. The van der Waals surface area contributed by atoms with Gasteiger partial charge in [-0.3, -0.25) is 0 Å². The fourth-order valence-corrected chi connectivity index (χ4v) is 1.33. The molecule has 2 aromatic heterocycles. The van der Waals surface area contributed by atoms with E-state index in [1.54, 1.807) is 17.7 Å². The summed E-state index contributed by atoms with van der Waals surface area (Å²) in [6.45, 7) is 2.15. The summed E-state index contributed by atoms with van der Waals surface area (Å²) in [5.41, 5.74) is 0.965. The summed E-state index contributed by atoms with van der Waals surface area (Å²) in [7, 11) is 0. The molecule has 0 atom stereocenters. The second-order valence-corrected chi connectivity index (χ2v) is 3.11. The Morgan fingerprint density at radius 3 is 3.00 bits per heavy atom. The summed E-state index contributed by atoms with van der Waals surface area (Å²) in [5, 5.41) is 12.5. The smallest absolute Gasteiger partial charge is 0.354 e. The van der Waals surface area contributed by atoms with Gasteiger partial charge in [0.15, 0.2) is 0 Å². The minimum atomic E-state index is -0.993. The molecule has 0 aromatic carbocycles. The molecule has 0 aliphatic heterocycles. The maximum absolute atomic E-state index is 10.9. The molecule has 0 saturated carbocycles. The minimum Gasteiger partial charge on any atom is -0.477 e. The molecule has 0 amide bonds. The van der Waals surface area contributed by atoms with E-state index in [9.17, 15) is 4.79 Å². The van der Waals surface area contributed by atoms with Gasteiger partial charge in [0.2, 0.25) is 0 Å². The Morgan fingerprint density at radius 2 is 2.40 bits per heavy atom. The van der Waals surface area contributed by atoms with Crippen LogP contribution < -0.4 is 0 Å². The van der Waals surface area contributed by atoms with E-state index in [0.29, 0.717) is 12.4 Å². The molecular weight excluding hydrogens is 198 g/mol. The highest BCUT2D eigenvalue weighted by Gasteiger charge is 2.13. The van der Waals surface area contributed by atoms with Crippen LogP contribution in [-0.4, -0.2) is 25.8 Å². The maximum Gasteiger partial charge on any atom is 0.354 e. The van der Waals surface area contributed by atoms with Crippen LogP contribution in [0.15, 0.2) is 23.2 Å². The lowest BCUT2D eigenvalue weighted by Crippen LogP contribution is -2.10. The molecule has 2 aromatic rings. The molecule has 0 fully saturated rings. The molecule has 6 nitrogen and oxygen atoms in total. The fraction of sp³-hybridized carbons (Fsp3) is 0.222. The molecular formula is C9H9N3O3. The Hall–Kier alpha value is -2.11. The fourth-order valence-electron chi connectivity index (χ4n) is 1.33. The number of hydrogen-bond acceptors (Lipinski definition) is 4. The van der Waals surface area contributed by atoms with Crippen molar-refractivity contribution in [3.63, 3.8) is 0 Å². The lowest BCUT2D eigenvalue weighted by Gasteiger charge is -2.04. The van der Waals surface area contributed by atoms with E-state index >= 15 is 0 Å². The first-order chi connectivity index (χ1) is 7.18. The topological polar surface area (TPSA) is 81.1 Å². The highest BCUT2D eigenvalue weighted by molar-refractivity contribution is 5.85. The summed E-state index contributed by atoms with van der Waals surface area (Å²) in [6.07, 6.45) is 4.36. The molecule has 2 heterocycles. The number of carbonyl (C=O) groups is 1. The van der Waals surface area contributed by atoms with E-state index in [1.165, 1.54) is 12.5 Å². The second kappa shape index (κ2) is 3.56. The first-order valence-corrected chi connectivity index (χ1v) is 4.32. The largest absolute Gasteiger partial charge is 0.477 e. The van der Waals surface area contributed by atoms with Crippen LogP contribution in [0.2, 0.25) is 0 Å². The Kier molecular flexibility index (Phi) is 2.24. The zero-order valence-electron chi connectivity index (χ0n) is 8.04. The van der Waals surface area contributed by atoms with Crippen molar-refractivity contribution in [1.82, 2.24) is 14.7 Å². The number of aromatic nitrogens is 3. The predicted molar refractivity (Wildman–Crippen MR) is 49.5 cm³/mol. The summed E-state index contributed by atoms with van der Waals surface area (Å²) in [6, 6.07) is 0. The lowest BCUT2D eigenvalue weighted by molar-refractivity contribution is 0.0685. The van der Waals surface area contributed by atoms with Crippen LogP contribution in [0.4, 0.5) is 0 Å². The maximum atomic E-state index is 10.9. The molecule has 2 rings (SSSR count).